The average Bonchev–Trinajstić information content (AvgIpc) is 2.58. The predicted molar refractivity (Wildman–Crippen MR) is 97.5 cm³/mol. The van der Waals surface area contributed by atoms with E-state index >= 15 is 0 Å². The molecule has 4 heteroatoms. The lowest BCUT2D eigenvalue weighted by atomic mass is 10.2. The fourth-order valence-corrected chi connectivity index (χ4v) is 2.72. The first-order chi connectivity index (χ1) is 11.6. The van der Waals surface area contributed by atoms with Crippen molar-refractivity contribution in [2.75, 3.05) is 12.4 Å². The number of thioether (sulfide) groups is 1. The van der Waals surface area contributed by atoms with Gasteiger partial charge in [-0.3, -0.25) is 0 Å². The molecule has 0 radical (unpaired) electrons. The number of hydrogen-bond donors (Lipinski definition) is 1. The van der Waals surface area contributed by atoms with Gasteiger partial charge in [-0.2, -0.15) is 0 Å². The third-order valence-corrected chi connectivity index (χ3v) is 3.98. The average molecular weight is 338 g/mol. The van der Waals surface area contributed by atoms with Crippen LogP contribution in [-0.2, 0) is 4.79 Å². The Balaban J connectivity index is 1.82. The number of carboxylic acid groups (broad SMARTS) is 1. The van der Waals surface area contributed by atoms with E-state index in [2.05, 4.69) is 11.8 Å². The number of aliphatic carboxylic acids is 1. The number of carbonyl (C=O) groups is 1. The minimum absolute atomic E-state index is 0.323. The van der Waals surface area contributed by atoms with Gasteiger partial charge in [-0.05, 0) is 48.9 Å². The highest BCUT2D eigenvalue weighted by Crippen LogP contribution is 2.25. The number of aryl methyl sites for hydroxylation is 1. The summed E-state index contributed by atoms with van der Waals surface area (Å²) in [6, 6.07) is 15.6. The summed E-state index contributed by atoms with van der Waals surface area (Å²) in [4.78, 5) is 11.6. The maximum absolute atomic E-state index is 10.5. The second kappa shape index (κ2) is 9.49. The number of hydrogen-bond acceptors (Lipinski definition) is 3. The number of allylic oxidation sites excluding steroid dienone is 1. The molecule has 1 N–H and O–H groups in total. The van der Waals surface area contributed by atoms with Gasteiger partial charge in [0.15, 0.2) is 6.61 Å². The highest BCUT2D eigenvalue weighted by Gasteiger charge is 2.04. The van der Waals surface area contributed by atoms with Gasteiger partial charge in [-0.25, -0.2) is 4.79 Å². The van der Waals surface area contributed by atoms with Crippen molar-refractivity contribution in [1.82, 2.24) is 0 Å². The van der Waals surface area contributed by atoms with Crippen LogP contribution in [0.25, 0.3) is 0 Å². The molecule has 0 aliphatic heterocycles. The van der Waals surface area contributed by atoms with Crippen LogP contribution in [0.15, 0.2) is 65.6 Å². The van der Waals surface area contributed by atoms with E-state index in [1.165, 1.54) is 0 Å². The molecule has 0 spiro atoms. The van der Waals surface area contributed by atoms with Crippen LogP contribution >= 0.6 is 11.8 Å². The normalized spacial score (nSPS) is 10.2. The van der Waals surface area contributed by atoms with E-state index < -0.39 is 5.97 Å². The van der Waals surface area contributed by atoms with Crippen molar-refractivity contribution < 1.29 is 14.6 Å². The van der Waals surface area contributed by atoms with Crippen molar-refractivity contribution in [3.63, 3.8) is 0 Å². The molecule has 0 aliphatic rings. The standard InChI is InChI=1S/C20H18O3S/c1-16-14-18(11-12-19(16)23-15-20(21)22)24-13-7-3-6-10-17-8-4-2-5-9-17/h2-5,7-9,11-12,14H,13,15H2,1H3,(H,21,22)/b7-3+. The molecule has 2 aromatic rings. The van der Waals surface area contributed by atoms with Crippen molar-refractivity contribution >= 4 is 17.7 Å². The molecule has 0 heterocycles. The first-order valence-corrected chi connectivity index (χ1v) is 8.43. The van der Waals surface area contributed by atoms with Gasteiger partial charge < -0.3 is 9.84 Å². The van der Waals surface area contributed by atoms with Crippen LogP contribution in [0.4, 0.5) is 0 Å². The Morgan fingerprint density at radius 1 is 1.25 bits per heavy atom. The molecule has 0 atom stereocenters. The van der Waals surface area contributed by atoms with Gasteiger partial charge in [0.25, 0.3) is 0 Å². The van der Waals surface area contributed by atoms with Crippen LogP contribution in [0, 0.1) is 18.8 Å². The summed E-state index contributed by atoms with van der Waals surface area (Å²) in [5, 5.41) is 8.63. The third kappa shape index (κ3) is 6.23. The van der Waals surface area contributed by atoms with Crippen molar-refractivity contribution in [2.45, 2.75) is 11.8 Å². The van der Waals surface area contributed by atoms with E-state index in [-0.39, 0.29) is 6.61 Å². The van der Waals surface area contributed by atoms with Crippen LogP contribution in [0.1, 0.15) is 11.1 Å². The topological polar surface area (TPSA) is 46.5 Å². The molecule has 3 nitrogen and oxygen atoms in total. The lowest BCUT2D eigenvalue weighted by Crippen LogP contribution is -2.09. The number of ether oxygens (including phenoxy) is 1. The van der Waals surface area contributed by atoms with Gasteiger partial charge >= 0.3 is 5.97 Å². The van der Waals surface area contributed by atoms with Gasteiger partial charge in [0, 0.05) is 16.2 Å². The van der Waals surface area contributed by atoms with Gasteiger partial charge in [-0.1, -0.05) is 36.1 Å². The summed E-state index contributed by atoms with van der Waals surface area (Å²) in [5.41, 5.74) is 1.93. The summed E-state index contributed by atoms with van der Waals surface area (Å²) in [6.45, 7) is 1.58. The van der Waals surface area contributed by atoms with Crippen molar-refractivity contribution in [3.8, 4) is 17.6 Å². The molecule has 2 rings (SSSR count). The van der Waals surface area contributed by atoms with Crippen LogP contribution < -0.4 is 4.74 Å². The van der Waals surface area contributed by atoms with Gasteiger partial charge in [-0.15, -0.1) is 11.8 Å². The molecule has 0 amide bonds. The Bertz CT molecular complexity index is 770. The van der Waals surface area contributed by atoms with E-state index in [1.807, 2.05) is 61.5 Å². The lowest BCUT2D eigenvalue weighted by molar-refractivity contribution is -0.139. The molecule has 24 heavy (non-hydrogen) atoms. The summed E-state index contributed by atoms with van der Waals surface area (Å²) in [6.07, 6.45) is 3.88. The number of benzene rings is 2. The minimum atomic E-state index is -0.977. The quantitative estimate of drug-likeness (QED) is 0.635. The summed E-state index contributed by atoms with van der Waals surface area (Å²) in [7, 11) is 0. The molecule has 0 bridgehead atoms. The largest absolute Gasteiger partial charge is 0.482 e. The van der Waals surface area contributed by atoms with Crippen molar-refractivity contribution in [2.24, 2.45) is 0 Å². The van der Waals surface area contributed by atoms with Crippen LogP contribution in [0.5, 0.6) is 5.75 Å². The van der Waals surface area contributed by atoms with Crippen LogP contribution in [0.2, 0.25) is 0 Å². The molecule has 0 fully saturated rings. The van der Waals surface area contributed by atoms with Crippen LogP contribution in [0.3, 0.4) is 0 Å². The first kappa shape index (κ1) is 17.7. The van der Waals surface area contributed by atoms with E-state index in [0.29, 0.717) is 5.75 Å². The zero-order chi connectivity index (χ0) is 17.2. The molecule has 0 unspecified atom stereocenters. The number of rotatable bonds is 6. The Labute approximate surface area is 146 Å². The van der Waals surface area contributed by atoms with E-state index in [0.717, 1.165) is 21.8 Å². The SMILES string of the molecule is Cc1cc(SC/C=C/C#Cc2ccccc2)ccc1OCC(=O)O. The Morgan fingerprint density at radius 2 is 2.04 bits per heavy atom. The fourth-order valence-electron chi connectivity index (χ4n) is 1.91. The van der Waals surface area contributed by atoms with Crippen molar-refractivity contribution in [3.05, 3.63) is 71.8 Å². The minimum Gasteiger partial charge on any atom is -0.482 e. The maximum Gasteiger partial charge on any atom is 0.341 e. The Morgan fingerprint density at radius 3 is 2.75 bits per heavy atom. The molecule has 0 saturated carbocycles. The smallest absolute Gasteiger partial charge is 0.341 e. The van der Waals surface area contributed by atoms with Gasteiger partial charge in [0.05, 0.1) is 0 Å². The second-order valence-electron chi connectivity index (χ2n) is 4.96. The zero-order valence-electron chi connectivity index (χ0n) is 13.4. The summed E-state index contributed by atoms with van der Waals surface area (Å²) >= 11 is 1.69. The number of carboxylic acids is 1. The lowest BCUT2D eigenvalue weighted by Gasteiger charge is -2.08. The first-order valence-electron chi connectivity index (χ1n) is 7.45. The molecular weight excluding hydrogens is 320 g/mol. The van der Waals surface area contributed by atoms with Gasteiger partial charge in [0.2, 0.25) is 0 Å². The molecule has 0 aliphatic carbocycles. The zero-order valence-corrected chi connectivity index (χ0v) is 14.2. The highest BCUT2D eigenvalue weighted by atomic mass is 32.2. The van der Waals surface area contributed by atoms with Crippen molar-refractivity contribution in [1.29, 1.82) is 0 Å². The molecule has 0 aromatic heterocycles. The third-order valence-electron chi connectivity index (χ3n) is 3.04. The monoisotopic (exact) mass is 338 g/mol. The summed E-state index contributed by atoms with van der Waals surface area (Å²) < 4.78 is 5.21. The maximum atomic E-state index is 10.5. The Kier molecular flexibility index (Phi) is 7.00. The summed E-state index contributed by atoms with van der Waals surface area (Å²) in [5.74, 6) is 6.53. The molecule has 122 valence electrons. The molecule has 2 aromatic carbocycles. The molecule has 0 saturated heterocycles. The highest BCUT2D eigenvalue weighted by molar-refractivity contribution is 7.99. The van der Waals surface area contributed by atoms with Crippen LogP contribution in [-0.4, -0.2) is 23.4 Å². The predicted octanol–water partition coefficient (Wildman–Crippen LogP) is 4.16. The van der Waals surface area contributed by atoms with Gasteiger partial charge in [0.1, 0.15) is 5.75 Å². The van der Waals surface area contributed by atoms with E-state index in [4.69, 9.17) is 9.84 Å². The van der Waals surface area contributed by atoms with E-state index in [1.54, 1.807) is 17.8 Å². The Hall–Kier alpha value is -2.64. The fraction of sp³-hybridized carbons (Fsp3) is 0.150. The second-order valence-corrected chi connectivity index (χ2v) is 6.05. The van der Waals surface area contributed by atoms with E-state index in [9.17, 15) is 4.79 Å². The molecular formula is C20H18O3S.